The second-order valence-corrected chi connectivity index (χ2v) is 6.73. The maximum absolute atomic E-state index is 9.44. The van der Waals surface area contributed by atoms with Gasteiger partial charge < -0.3 is 9.84 Å². The predicted molar refractivity (Wildman–Crippen MR) is 90.2 cm³/mol. The smallest absolute Gasteiger partial charge is 0.119 e. The molecule has 1 fully saturated rings. The zero-order valence-electron chi connectivity index (χ0n) is 14.2. The van der Waals surface area contributed by atoms with E-state index in [9.17, 15) is 5.11 Å². The largest absolute Gasteiger partial charge is 0.494 e. The van der Waals surface area contributed by atoms with Crippen LogP contribution >= 0.6 is 0 Å². The van der Waals surface area contributed by atoms with Gasteiger partial charge >= 0.3 is 0 Å². The summed E-state index contributed by atoms with van der Waals surface area (Å²) in [7, 11) is 2.08. The van der Waals surface area contributed by atoms with E-state index in [4.69, 9.17) is 4.74 Å². The first kappa shape index (κ1) is 17.3. The first-order valence-corrected chi connectivity index (χ1v) is 8.33. The molecule has 0 bridgehead atoms. The highest BCUT2D eigenvalue weighted by atomic mass is 16.5. The quantitative estimate of drug-likeness (QED) is 0.838. The molecule has 1 heterocycles. The summed E-state index contributed by atoms with van der Waals surface area (Å²) in [6.07, 6.45) is 1.08. The Hall–Kier alpha value is -1.10. The highest BCUT2D eigenvalue weighted by Gasteiger charge is 2.23. The fourth-order valence-corrected chi connectivity index (χ4v) is 2.76. The molecule has 2 rings (SSSR count). The maximum atomic E-state index is 9.44. The van der Waals surface area contributed by atoms with Crippen LogP contribution in [0.25, 0.3) is 0 Å². The van der Waals surface area contributed by atoms with Crippen molar-refractivity contribution in [2.24, 2.45) is 5.92 Å². The van der Waals surface area contributed by atoms with E-state index in [0.29, 0.717) is 5.92 Å². The third-order valence-electron chi connectivity index (χ3n) is 4.34. The van der Waals surface area contributed by atoms with Crippen LogP contribution in [0.4, 0.5) is 0 Å². The number of piperazine rings is 1. The fraction of sp³-hybridized carbons (Fsp3) is 0.667. The number of hydrogen-bond donors (Lipinski definition) is 1. The fourth-order valence-electron chi connectivity index (χ4n) is 2.76. The lowest BCUT2D eigenvalue weighted by molar-refractivity contribution is 0.0539. The molecule has 0 saturated carbocycles. The van der Waals surface area contributed by atoms with Crippen molar-refractivity contribution in [2.75, 3.05) is 39.9 Å². The molecule has 1 aliphatic rings. The molecule has 22 heavy (non-hydrogen) atoms. The van der Waals surface area contributed by atoms with Crippen molar-refractivity contribution in [3.05, 3.63) is 29.8 Å². The molecular formula is C18H30N2O2. The SMILES string of the molecule is CC(C)CCOc1cccc(CN2CCN(C)C(CO)C2)c1. The van der Waals surface area contributed by atoms with Crippen LogP contribution in [0, 0.1) is 5.92 Å². The van der Waals surface area contributed by atoms with Gasteiger partial charge in [0.1, 0.15) is 5.75 Å². The summed E-state index contributed by atoms with van der Waals surface area (Å²) in [4.78, 5) is 4.65. The minimum atomic E-state index is 0.228. The van der Waals surface area contributed by atoms with Crippen molar-refractivity contribution in [1.29, 1.82) is 0 Å². The minimum absolute atomic E-state index is 0.228. The summed E-state index contributed by atoms with van der Waals surface area (Å²) in [6.45, 7) is 9.33. The van der Waals surface area contributed by atoms with Gasteiger partial charge in [0.05, 0.1) is 13.2 Å². The van der Waals surface area contributed by atoms with Crippen molar-refractivity contribution in [1.82, 2.24) is 9.80 Å². The molecule has 0 aliphatic carbocycles. The van der Waals surface area contributed by atoms with E-state index in [1.165, 1.54) is 5.56 Å². The van der Waals surface area contributed by atoms with Crippen LogP contribution in [0.5, 0.6) is 5.75 Å². The van der Waals surface area contributed by atoms with Crippen LogP contribution < -0.4 is 4.74 Å². The van der Waals surface area contributed by atoms with Crippen molar-refractivity contribution >= 4 is 0 Å². The highest BCUT2D eigenvalue weighted by molar-refractivity contribution is 5.28. The Bertz CT molecular complexity index is 450. The molecule has 0 radical (unpaired) electrons. The van der Waals surface area contributed by atoms with Gasteiger partial charge in [0, 0.05) is 32.2 Å². The molecule has 1 N–H and O–H groups in total. The maximum Gasteiger partial charge on any atom is 0.119 e. The summed E-state index contributed by atoms with van der Waals surface area (Å²) in [5, 5.41) is 9.44. The second-order valence-electron chi connectivity index (χ2n) is 6.73. The van der Waals surface area contributed by atoms with Crippen molar-refractivity contribution in [2.45, 2.75) is 32.9 Å². The molecule has 1 unspecified atom stereocenters. The molecule has 0 aromatic heterocycles. The number of nitrogens with zero attached hydrogens (tertiary/aromatic N) is 2. The molecule has 1 aliphatic heterocycles. The highest BCUT2D eigenvalue weighted by Crippen LogP contribution is 2.17. The molecule has 0 amide bonds. The molecule has 4 nitrogen and oxygen atoms in total. The Labute approximate surface area is 134 Å². The first-order valence-electron chi connectivity index (χ1n) is 8.33. The number of hydrogen-bond acceptors (Lipinski definition) is 4. The van der Waals surface area contributed by atoms with Gasteiger partial charge in [-0.25, -0.2) is 0 Å². The predicted octanol–water partition coefficient (Wildman–Crippen LogP) is 2.22. The Balaban J connectivity index is 1.87. The van der Waals surface area contributed by atoms with Gasteiger partial charge in [-0.3, -0.25) is 9.80 Å². The zero-order valence-corrected chi connectivity index (χ0v) is 14.2. The Morgan fingerprint density at radius 2 is 2.14 bits per heavy atom. The number of ether oxygens (including phenoxy) is 1. The van der Waals surface area contributed by atoms with Crippen LogP contribution in [0.1, 0.15) is 25.8 Å². The molecular weight excluding hydrogens is 276 g/mol. The molecule has 1 atom stereocenters. The van der Waals surface area contributed by atoms with Gasteiger partial charge in [-0.1, -0.05) is 26.0 Å². The van der Waals surface area contributed by atoms with E-state index < -0.39 is 0 Å². The van der Waals surface area contributed by atoms with E-state index in [2.05, 4.69) is 48.9 Å². The van der Waals surface area contributed by atoms with E-state index in [0.717, 1.165) is 45.0 Å². The van der Waals surface area contributed by atoms with Gasteiger partial charge in [0.15, 0.2) is 0 Å². The van der Waals surface area contributed by atoms with Crippen LogP contribution in [-0.4, -0.2) is 60.8 Å². The first-order chi connectivity index (χ1) is 10.6. The molecule has 4 heteroatoms. The lowest BCUT2D eigenvalue weighted by Gasteiger charge is -2.38. The third-order valence-corrected chi connectivity index (χ3v) is 4.34. The summed E-state index contributed by atoms with van der Waals surface area (Å²) in [5.41, 5.74) is 1.28. The molecule has 1 saturated heterocycles. The van der Waals surface area contributed by atoms with Gasteiger partial charge in [-0.05, 0) is 37.1 Å². The number of aliphatic hydroxyl groups is 1. The van der Waals surface area contributed by atoms with Crippen LogP contribution in [-0.2, 0) is 6.54 Å². The molecule has 124 valence electrons. The average molecular weight is 306 g/mol. The summed E-state index contributed by atoms with van der Waals surface area (Å²) in [6, 6.07) is 8.65. The monoisotopic (exact) mass is 306 g/mol. The van der Waals surface area contributed by atoms with E-state index in [-0.39, 0.29) is 12.6 Å². The topological polar surface area (TPSA) is 35.9 Å². The Morgan fingerprint density at radius 3 is 2.86 bits per heavy atom. The van der Waals surface area contributed by atoms with Gasteiger partial charge in [0.25, 0.3) is 0 Å². The average Bonchev–Trinajstić information content (AvgIpc) is 2.49. The summed E-state index contributed by atoms with van der Waals surface area (Å²) >= 11 is 0. The van der Waals surface area contributed by atoms with Gasteiger partial charge in [-0.15, -0.1) is 0 Å². The van der Waals surface area contributed by atoms with Crippen LogP contribution in [0.2, 0.25) is 0 Å². The normalized spacial score (nSPS) is 20.5. The second kappa shape index (κ2) is 8.51. The Kier molecular flexibility index (Phi) is 6.68. The van der Waals surface area contributed by atoms with Crippen molar-refractivity contribution in [3.63, 3.8) is 0 Å². The van der Waals surface area contributed by atoms with Gasteiger partial charge in [0.2, 0.25) is 0 Å². The number of benzene rings is 1. The summed E-state index contributed by atoms with van der Waals surface area (Å²) in [5.74, 6) is 1.63. The minimum Gasteiger partial charge on any atom is -0.494 e. The van der Waals surface area contributed by atoms with Gasteiger partial charge in [-0.2, -0.15) is 0 Å². The van der Waals surface area contributed by atoms with Crippen LogP contribution in [0.3, 0.4) is 0 Å². The molecule has 1 aromatic carbocycles. The zero-order chi connectivity index (χ0) is 15.9. The number of likely N-dealkylation sites (N-methyl/N-ethyl adjacent to an activating group) is 1. The summed E-state index contributed by atoms with van der Waals surface area (Å²) < 4.78 is 5.84. The third kappa shape index (κ3) is 5.27. The number of aliphatic hydroxyl groups excluding tert-OH is 1. The van der Waals surface area contributed by atoms with E-state index in [1.807, 2.05) is 6.07 Å². The Morgan fingerprint density at radius 1 is 1.32 bits per heavy atom. The molecule has 0 spiro atoms. The number of rotatable bonds is 7. The van der Waals surface area contributed by atoms with Crippen LogP contribution in [0.15, 0.2) is 24.3 Å². The standard InChI is InChI=1S/C18H30N2O2/c1-15(2)7-10-22-18-6-4-5-16(11-18)12-20-9-8-19(3)17(13-20)14-21/h4-6,11,15,17,21H,7-10,12-14H2,1-3H3. The lowest BCUT2D eigenvalue weighted by Crippen LogP contribution is -2.52. The van der Waals surface area contributed by atoms with E-state index >= 15 is 0 Å². The lowest BCUT2D eigenvalue weighted by atomic mass is 10.1. The van der Waals surface area contributed by atoms with Crippen molar-refractivity contribution < 1.29 is 9.84 Å². The van der Waals surface area contributed by atoms with Crippen molar-refractivity contribution in [3.8, 4) is 5.75 Å². The van der Waals surface area contributed by atoms with E-state index in [1.54, 1.807) is 0 Å². The molecule has 1 aromatic rings.